The second-order valence-electron chi connectivity index (χ2n) is 6.21. The molecule has 0 N–H and O–H groups in total. The van der Waals surface area contributed by atoms with Gasteiger partial charge in [-0.2, -0.15) is 0 Å². The largest absolute Gasteiger partial charge is 0.465 e. The van der Waals surface area contributed by atoms with Gasteiger partial charge in [-0.1, -0.05) is 34.1 Å². The molecule has 0 radical (unpaired) electrons. The van der Waals surface area contributed by atoms with Crippen LogP contribution in [-0.2, 0) is 14.3 Å². The zero-order chi connectivity index (χ0) is 14.4. The number of rotatable bonds is 8. The van der Waals surface area contributed by atoms with Crippen molar-refractivity contribution in [2.24, 2.45) is 10.8 Å². The third kappa shape index (κ3) is 5.19. The van der Waals surface area contributed by atoms with E-state index in [9.17, 15) is 9.59 Å². The molecule has 0 aromatic carbocycles. The van der Waals surface area contributed by atoms with E-state index in [-0.39, 0.29) is 11.8 Å². The van der Waals surface area contributed by atoms with Crippen molar-refractivity contribution in [1.29, 1.82) is 0 Å². The zero-order valence-electron chi connectivity index (χ0n) is 12.8. The lowest BCUT2D eigenvalue weighted by Gasteiger charge is -2.32. The molecule has 0 atom stereocenters. The predicted octanol–water partition coefficient (Wildman–Crippen LogP) is 3.75. The highest BCUT2D eigenvalue weighted by Crippen LogP contribution is 2.36. The van der Waals surface area contributed by atoms with Gasteiger partial charge in [-0.25, -0.2) is 0 Å². The molecule has 106 valence electrons. The van der Waals surface area contributed by atoms with E-state index in [1.807, 2.05) is 34.6 Å². The Labute approximate surface area is 111 Å². The number of carbonyl (C=O) groups is 2. The molecule has 18 heavy (non-hydrogen) atoms. The van der Waals surface area contributed by atoms with Crippen LogP contribution in [0.15, 0.2) is 0 Å². The summed E-state index contributed by atoms with van der Waals surface area (Å²) in [5.74, 6) is -0.00939. The third-order valence-electron chi connectivity index (χ3n) is 3.24. The number of ketones is 1. The first-order valence-electron chi connectivity index (χ1n) is 6.88. The Morgan fingerprint density at radius 3 is 2.00 bits per heavy atom. The molecule has 0 unspecified atom stereocenters. The highest BCUT2D eigenvalue weighted by atomic mass is 16.5. The lowest BCUT2D eigenvalue weighted by atomic mass is 9.72. The van der Waals surface area contributed by atoms with Gasteiger partial charge in [0.25, 0.3) is 0 Å². The summed E-state index contributed by atoms with van der Waals surface area (Å²) < 4.78 is 5.26. The molecule has 0 aliphatic carbocycles. The van der Waals surface area contributed by atoms with Crippen LogP contribution in [0.25, 0.3) is 0 Å². The topological polar surface area (TPSA) is 43.4 Å². The van der Waals surface area contributed by atoms with Crippen LogP contribution in [0.3, 0.4) is 0 Å². The summed E-state index contributed by atoms with van der Waals surface area (Å²) in [7, 11) is 0. The number of ether oxygens (including phenoxy) is 1. The molecule has 0 aliphatic rings. The van der Waals surface area contributed by atoms with Crippen molar-refractivity contribution >= 4 is 11.8 Å². The minimum absolute atomic E-state index is 0.192. The van der Waals surface area contributed by atoms with E-state index in [2.05, 4.69) is 6.92 Å². The van der Waals surface area contributed by atoms with Gasteiger partial charge in [0.05, 0.1) is 12.0 Å². The van der Waals surface area contributed by atoms with E-state index >= 15 is 0 Å². The quantitative estimate of drug-likeness (QED) is 0.490. The van der Waals surface area contributed by atoms with Crippen molar-refractivity contribution in [3.8, 4) is 0 Å². The highest BCUT2D eigenvalue weighted by molar-refractivity contribution is 5.85. The summed E-state index contributed by atoms with van der Waals surface area (Å²) in [5, 5.41) is 0. The van der Waals surface area contributed by atoms with Gasteiger partial charge in [0.2, 0.25) is 0 Å². The summed E-state index contributed by atoms with van der Waals surface area (Å²) in [6, 6.07) is 0. The summed E-state index contributed by atoms with van der Waals surface area (Å²) in [6.07, 6.45) is 2.93. The van der Waals surface area contributed by atoms with Crippen molar-refractivity contribution in [2.75, 3.05) is 6.61 Å². The summed E-state index contributed by atoms with van der Waals surface area (Å²) >= 11 is 0. The number of hydrogen-bond acceptors (Lipinski definition) is 3. The second-order valence-corrected chi connectivity index (χ2v) is 6.21. The van der Waals surface area contributed by atoms with E-state index in [1.54, 1.807) is 0 Å². The Morgan fingerprint density at radius 1 is 1.00 bits per heavy atom. The molecule has 0 aromatic heterocycles. The molecular weight excluding hydrogens is 228 g/mol. The molecule has 3 nitrogen and oxygen atoms in total. The summed E-state index contributed by atoms with van der Waals surface area (Å²) in [6.45, 7) is 11.9. The van der Waals surface area contributed by atoms with E-state index in [4.69, 9.17) is 4.74 Å². The maximum atomic E-state index is 12.0. The Hall–Kier alpha value is -0.860. The SMILES string of the molecule is CCCCOC(=O)C(C)(C)CC(C)(C)C(=O)CC. The molecule has 0 spiro atoms. The van der Waals surface area contributed by atoms with Gasteiger partial charge in [-0.3, -0.25) is 9.59 Å². The Balaban J connectivity index is 4.54. The fraction of sp³-hybridized carbons (Fsp3) is 0.867. The lowest BCUT2D eigenvalue weighted by Crippen LogP contribution is -2.36. The molecule has 0 rings (SSSR count). The first kappa shape index (κ1) is 17.1. The first-order valence-corrected chi connectivity index (χ1v) is 6.88. The molecule has 0 bridgehead atoms. The second kappa shape index (κ2) is 6.91. The van der Waals surface area contributed by atoms with Gasteiger partial charge in [0.1, 0.15) is 5.78 Å². The fourth-order valence-electron chi connectivity index (χ4n) is 2.26. The lowest BCUT2D eigenvalue weighted by molar-refractivity contribution is -0.156. The average Bonchev–Trinajstić information content (AvgIpc) is 2.26. The molecule has 3 heteroatoms. The van der Waals surface area contributed by atoms with E-state index in [0.717, 1.165) is 12.8 Å². The smallest absolute Gasteiger partial charge is 0.311 e. The van der Waals surface area contributed by atoms with Gasteiger partial charge in [0.15, 0.2) is 0 Å². The summed E-state index contributed by atoms with van der Waals surface area (Å²) in [4.78, 5) is 23.8. The third-order valence-corrected chi connectivity index (χ3v) is 3.24. The normalized spacial score (nSPS) is 12.3. The van der Waals surface area contributed by atoms with Crippen molar-refractivity contribution in [2.45, 2.75) is 67.2 Å². The molecule has 0 heterocycles. The van der Waals surface area contributed by atoms with Crippen LogP contribution in [0.4, 0.5) is 0 Å². The predicted molar refractivity (Wildman–Crippen MR) is 73.3 cm³/mol. The van der Waals surface area contributed by atoms with Gasteiger partial charge < -0.3 is 4.74 Å². The minimum Gasteiger partial charge on any atom is -0.465 e. The molecule has 0 amide bonds. The van der Waals surface area contributed by atoms with Crippen LogP contribution in [0.2, 0.25) is 0 Å². The number of esters is 1. The maximum Gasteiger partial charge on any atom is 0.311 e. The Bertz CT molecular complexity index is 290. The van der Waals surface area contributed by atoms with Crippen LogP contribution in [0.5, 0.6) is 0 Å². The number of Topliss-reactive ketones (excluding diaryl/α,β-unsaturated/α-hetero) is 1. The number of hydrogen-bond donors (Lipinski definition) is 0. The molecule has 0 saturated carbocycles. The monoisotopic (exact) mass is 256 g/mol. The number of unbranched alkanes of at least 4 members (excludes halogenated alkanes) is 1. The van der Waals surface area contributed by atoms with Gasteiger partial charge in [-0.05, 0) is 26.7 Å². The fourth-order valence-corrected chi connectivity index (χ4v) is 2.26. The van der Waals surface area contributed by atoms with Crippen molar-refractivity contribution in [3.63, 3.8) is 0 Å². The van der Waals surface area contributed by atoms with Crippen LogP contribution >= 0.6 is 0 Å². The Morgan fingerprint density at radius 2 is 1.56 bits per heavy atom. The molecule has 0 saturated heterocycles. The minimum atomic E-state index is -0.609. The molecular formula is C15H28O3. The van der Waals surface area contributed by atoms with Crippen LogP contribution in [0, 0.1) is 10.8 Å². The van der Waals surface area contributed by atoms with E-state index in [0.29, 0.717) is 19.4 Å². The van der Waals surface area contributed by atoms with Crippen LogP contribution in [-0.4, -0.2) is 18.4 Å². The van der Waals surface area contributed by atoms with Crippen molar-refractivity contribution in [1.82, 2.24) is 0 Å². The maximum absolute atomic E-state index is 12.0. The molecule has 0 fully saturated rings. The Kier molecular flexibility index (Phi) is 6.58. The first-order chi connectivity index (χ1) is 8.17. The van der Waals surface area contributed by atoms with Gasteiger partial charge >= 0.3 is 5.97 Å². The highest BCUT2D eigenvalue weighted by Gasteiger charge is 2.38. The standard InChI is InChI=1S/C15H28O3/c1-7-9-10-18-13(17)15(5,6)11-14(3,4)12(16)8-2/h7-11H2,1-6H3. The average molecular weight is 256 g/mol. The van der Waals surface area contributed by atoms with Gasteiger partial charge in [-0.15, -0.1) is 0 Å². The van der Waals surface area contributed by atoms with Crippen LogP contribution in [0.1, 0.15) is 67.2 Å². The van der Waals surface area contributed by atoms with Gasteiger partial charge in [0, 0.05) is 11.8 Å². The van der Waals surface area contributed by atoms with Crippen LogP contribution < -0.4 is 0 Å². The zero-order valence-corrected chi connectivity index (χ0v) is 12.8. The number of carbonyl (C=O) groups excluding carboxylic acids is 2. The van der Waals surface area contributed by atoms with E-state index < -0.39 is 10.8 Å². The molecule has 0 aliphatic heterocycles. The van der Waals surface area contributed by atoms with E-state index in [1.165, 1.54) is 0 Å². The van der Waals surface area contributed by atoms with Crippen molar-refractivity contribution in [3.05, 3.63) is 0 Å². The molecule has 0 aromatic rings. The summed E-state index contributed by atoms with van der Waals surface area (Å²) in [5.41, 5.74) is -1.08. The van der Waals surface area contributed by atoms with Crippen molar-refractivity contribution < 1.29 is 14.3 Å².